The van der Waals surface area contributed by atoms with E-state index < -0.39 is 0 Å². The summed E-state index contributed by atoms with van der Waals surface area (Å²) in [7, 11) is 0. The third-order valence-electron chi connectivity index (χ3n) is 5.41. The minimum absolute atomic E-state index is 0.00210. The number of amides is 2. The van der Waals surface area contributed by atoms with E-state index in [4.69, 9.17) is 11.6 Å². The second kappa shape index (κ2) is 8.22. The summed E-state index contributed by atoms with van der Waals surface area (Å²) in [6.07, 6.45) is 8.60. The van der Waals surface area contributed by atoms with Gasteiger partial charge in [0, 0.05) is 29.7 Å². The molecule has 3 rings (SSSR count). The van der Waals surface area contributed by atoms with Crippen molar-refractivity contribution < 1.29 is 9.59 Å². The number of carbonyl (C=O) groups is 2. The van der Waals surface area contributed by atoms with Crippen LogP contribution in [0.5, 0.6) is 0 Å². The van der Waals surface area contributed by atoms with Gasteiger partial charge in [0.2, 0.25) is 11.8 Å². The molecular weight excluding hydrogens is 336 g/mol. The number of hydrogen-bond acceptors (Lipinski definition) is 2. The fourth-order valence-corrected chi connectivity index (χ4v) is 3.98. The number of anilines is 1. The third kappa shape index (κ3) is 4.55. The predicted molar refractivity (Wildman–Crippen MR) is 101 cm³/mol. The van der Waals surface area contributed by atoms with Crippen molar-refractivity contribution in [3.05, 3.63) is 28.8 Å². The molecule has 2 fully saturated rings. The Morgan fingerprint density at radius 2 is 1.84 bits per heavy atom. The molecule has 0 radical (unpaired) electrons. The summed E-state index contributed by atoms with van der Waals surface area (Å²) in [5.74, 6) is -0.240. The molecule has 5 heteroatoms. The fourth-order valence-electron chi connectivity index (χ4n) is 3.80. The summed E-state index contributed by atoms with van der Waals surface area (Å²) < 4.78 is 0. The van der Waals surface area contributed by atoms with Crippen LogP contribution in [0.3, 0.4) is 0 Å². The number of nitrogens with zero attached hydrogens (tertiary/aromatic N) is 1. The number of benzene rings is 1. The number of hydrogen-bond donors (Lipinski definition) is 1. The Morgan fingerprint density at radius 1 is 1.16 bits per heavy atom. The molecule has 25 heavy (non-hydrogen) atoms. The zero-order chi connectivity index (χ0) is 17.8. The van der Waals surface area contributed by atoms with Crippen LogP contribution in [0.4, 0.5) is 5.69 Å². The van der Waals surface area contributed by atoms with Gasteiger partial charge in [-0.05, 0) is 37.5 Å². The van der Waals surface area contributed by atoms with E-state index in [-0.39, 0.29) is 30.2 Å². The zero-order valence-electron chi connectivity index (χ0n) is 14.9. The standard InChI is InChI=1S/C20H27ClN2O2/c1-14-9-10-17(12-18(14)21)23-13-15(11-19(23)24)20(25)22-16-7-5-3-2-4-6-8-16/h9-10,12,15-16H,2-8,11,13H2,1H3,(H,22,25)/t15-/m1/s1. The van der Waals surface area contributed by atoms with Gasteiger partial charge in [0.1, 0.15) is 0 Å². The SMILES string of the molecule is Cc1ccc(N2C[C@H](C(=O)NC3CCCCCCC3)CC2=O)cc1Cl. The van der Waals surface area contributed by atoms with Crippen molar-refractivity contribution in [1.29, 1.82) is 0 Å². The van der Waals surface area contributed by atoms with Crippen LogP contribution in [-0.2, 0) is 9.59 Å². The molecule has 0 bridgehead atoms. The Morgan fingerprint density at radius 3 is 2.52 bits per heavy atom. The number of nitrogens with one attached hydrogen (secondary N) is 1. The average Bonchev–Trinajstić information content (AvgIpc) is 2.94. The van der Waals surface area contributed by atoms with Crippen molar-refractivity contribution in [2.75, 3.05) is 11.4 Å². The van der Waals surface area contributed by atoms with E-state index in [1.54, 1.807) is 4.90 Å². The summed E-state index contributed by atoms with van der Waals surface area (Å²) in [6.45, 7) is 2.37. The monoisotopic (exact) mass is 362 g/mol. The highest BCUT2D eigenvalue weighted by Crippen LogP contribution is 2.29. The molecule has 2 aliphatic rings. The molecule has 4 nitrogen and oxygen atoms in total. The highest BCUT2D eigenvalue weighted by atomic mass is 35.5. The van der Waals surface area contributed by atoms with Crippen LogP contribution in [0.25, 0.3) is 0 Å². The summed E-state index contributed by atoms with van der Waals surface area (Å²) in [5, 5.41) is 3.84. The molecule has 136 valence electrons. The first-order valence-corrected chi connectivity index (χ1v) is 9.79. The van der Waals surface area contributed by atoms with Gasteiger partial charge >= 0.3 is 0 Å². The normalized spacial score (nSPS) is 22.6. The Bertz CT molecular complexity index is 639. The lowest BCUT2D eigenvalue weighted by molar-refractivity contribution is -0.127. The van der Waals surface area contributed by atoms with E-state index in [1.807, 2.05) is 25.1 Å². The van der Waals surface area contributed by atoms with Crippen LogP contribution in [-0.4, -0.2) is 24.4 Å². The molecule has 1 aliphatic heterocycles. The number of aryl methyl sites for hydroxylation is 1. The van der Waals surface area contributed by atoms with Crippen LogP contribution < -0.4 is 10.2 Å². The van der Waals surface area contributed by atoms with Crippen molar-refractivity contribution in [3.63, 3.8) is 0 Å². The van der Waals surface area contributed by atoms with Crippen LogP contribution in [0.2, 0.25) is 5.02 Å². The van der Waals surface area contributed by atoms with Gasteiger partial charge < -0.3 is 10.2 Å². The van der Waals surface area contributed by atoms with Crippen LogP contribution in [0.1, 0.15) is 56.9 Å². The minimum Gasteiger partial charge on any atom is -0.353 e. The molecule has 1 saturated heterocycles. The maximum absolute atomic E-state index is 12.6. The largest absolute Gasteiger partial charge is 0.353 e. The number of rotatable bonds is 3. The van der Waals surface area contributed by atoms with Gasteiger partial charge in [-0.2, -0.15) is 0 Å². The summed E-state index contributed by atoms with van der Waals surface area (Å²) >= 11 is 6.18. The summed E-state index contributed by atoms with van der Waals surface area (Å²) in [6, 6.07) is 5.89. The molecule has 1 aromatic rings. The van der Waals surface area contributed by atoms with Crippen molar-refractivity contribution in [2.24, 2.45) is 5.92 Å². The third-order valence-corrected chi connectivity index (χ3v) is 5.82. The van der Waals surface area contributed by atoms with Crippen molar-refractivity contribution in [2.45, 2.75) is 64.3 Å². The first kappa shape index (κ1) is 18.2. The van der Waals surface area contributed by atoms with Gasteiger partial charge in [-0.3, -0.25) is 9.59 Å². The van der Waals surface area contributed by atoms with E-state index in [2.05, 4.69) is 5.32 Å². The van der Waals surface area contributed by atoms with E-state index in [0.717, 1.165) is 24.1 Å². The number of halogens is 1. The summed E-state index contributed by atoms with van der Waals surface area (Å²) in [5.41, 5.74) is 1.76. The lowest BCUT2D eigenvalue weighted by Crippen LogP contribution is -2.40. The van der Waals surface area contributed by atoms with Crippen molar-refractivity contribution >= 4 is 29.1 Å². The molecule has 0 aromatic heterocycles. The van der Waals surface area contributed by atoms with E-state index in [0.29, 0.717) is 11.6 Å². The van der Waals surface area contributed by atoms with Gasteiger partial charge in [0.15, 0.2) is 0 Å². The lowest BCUT2D eigenvalue weighted by atomic mass is 9.96. The lowest BCUT2D eigenvalue weighted by Gasteiger charge is -2.23. The average molecular weight is 363 g/mol. The van der Waals surface area contributed by atoms with Gasteiger partial charge in [-0.25, -0.2) is 0 Å². The second-order valence-corrected chi connectivity index (χ2v) is 7.80. The van der Waals surface area contributed by atoms with E-state index in [9.17, 15) is 9.59 Å². The summed E-state index contributed by atoms with van der Waals surface area (Å²) in [4.78, 5) is 26.7. The minimum atomic E-state index is -0.266. The Balaban J connectivity index is 1.61. The smallest absolute Gasteiger partial charge is 0.227 e. The molecule has 1 aliphatic carbocycles. The van der Waals surface area contributed by atoms with Crippen molar-refractivity contribution in [1.82, 2.24) is 5.32 Å². The molecule has 1 atom stereocenters. The zero-order valence-corrected chi connectivity index (χ0v) is 15.6. The van der Waals surface area contributed by atoms with Crippen LogP contribution in [0, 0.1) is 12.8 Å². The molecule has 1 aromatic carbocycles. The fraction of sp³-hybridized carbons (Fsp3) is 0.600. The van der Waals surface area contributed by atoms with E-state index in [1.165, 1.54) is 32.1 Å². The van der Waals surface area contributed by atoms with Crippen LogP contribution in [0.15, 0.2) is 18.2 Å². The predicted octanol–water partition coefficient (Wildman–Crippen LogP) is 4.23. The first-order chi connectivity index (χ1) is 12.0. The molecule has 1 saturated carbocycles. The molecule has 1 N–H and O–H groups in total. The Hall–Kier alpha value is -1.55. The molecule has 0 spiro atoms. The van der Waals surface area contributed by atoms with E-state index >= 15 is 0 Å². The quantitative estimate of drug-likeness (QED) is 0.874. The van der Waals surface area contributed by atoms with Crippen LogP contribution >= 0.6 is 11.6 Å². The molecule has 2 amide bonds. The molecular formula is C20H27ClN2O2. The maximum Gasteiger partial charge on any atom is 0.227 e. The molecule has 1 heterocycles. The van der Waals surface area contributed by atoms with Gasteiger partial charge in [-0.1, -0.05) is 49.8 Å². The number of carbonyl (C=O) groups excluding carboxylic acids is 2. The highest BCUT2D eigenvalue weighted by Gasteiger charge is 2.35. The van der Waals surface area contributed by atoms with Gasteiger partial charge in [0.25, 0.3) is 0 Å². The molecule has 0 unspecified atom stereocenters. The Labute approximate surface area is 154 Å². The Kier molecular flexibility index (Phi) is 6.00. The maximum atomic E-state index is 12.6. The first-order valence-electron chi connectivity index (χ1n) is 9.41. The highest BCUT2D eigenvalue weighted by molar-refractivity contribution is 6.31. The van der Waals surface area contributed by atoms with Gasteiger partial charge in [0.05, 0.1) is 5.92 Å². The van der Waals surface area contributed by atoms with Crippen molar-refractivity contribution in [3.8, 4) is 0 Å². The second-order valence-electron chi connectivity index (χ2n) is 7.39. The topological polar surface area (TPSA) is 49.4 Å². The van der Waals surface area contributed by atoms with Gasteiger partial charge in [-0.15, -0.1) is 0 Å².